The molecule has 1 heterocycles. The Balaban J connectivity index is 2.43. The molecule has 1 aromatic carbocycles. The van der Waals surface area contributed by atoms with Crippen LogP contribution in [0.1, 0.15) is 17.3 Å². The Labute approximate surface area is 93.8 Å². The lowest BCUT2D eigenvalue weighted by molar-refractivity contribution is 0.0454. The fourth-order valence-corrected chi connectivity index (χ4v) is 1.68. The van der Waals surface area contributed by atoms with Gasteiger partial charge in [0, 0.05) is 6.07 Å². The van der Waals surface area contributed by atoms with Gasteiger partial charge in [-0.15, -0.1) is 0 Å². The van der Waals surface area contributed by atoms with E-state index in [0.29, 0.717) is 17.1 Å². The molecule has 1 aliphatic heterocycles. The van der Waals surface area contributed by atoms with Crippen molar-refractivity contribution >= 4 is 5.78 Å². The largest absolute Gasteiger partial charge is 0.497 e. The van der Waals surface area contributed by atoms with Crippen molar-refractivity contribution in [3.8, 4) is 11.5 Å². The van der Waals surface area contributed by atoms with E-state index in [4.69, 9.17) is 9.47 Å². The second-order valence-electron chi connectivity index (χ2n) is 4.20. The van der Waals surface area contributed by atoms with Crippen LogP contribution in [0.5, 0.6) is 11.5 Å². The van der Waals surface area contributed by atoms with E-state index in [1.807, 2.05) is 0 Å². The van der Waals surface area contributed by atoms with Crippen molar-refractivity contribution in [3.05, 3.63) is 23.8 Å². The number of ketones is 1. The Kier molecular flexibility index (Phi) is 2.59. The summed E-state index contributed by atoms with van der Waals surface area (Å²) < 4.78 is 10.5. The number of benzene rings is 1. The number of fused-ring (bicyclic) bond motifs is 1. The number of methoxy groups -OCH3 is 1. The smallest absolute Gasteiger partial charge is 0.178 e. The van der Waals surface area contributed by atoms with Gasteiger partial charge in [0.05, 0.1) is 24.7 Å². The van der Waals surface area contributed by atoms with Gasteiger partial charge in [-0.05, 0) is 19.1 Å². The number of rotatable bonds is 2. The molecular formula is C12H14O4. The van der Waals surface area contributed by atoms with Crippen LogP contribution < -0.4 is 9.47 Å². The lowest BCUT2D eigenvalue weighted by Gasteiger charge is -2.31. The van der Waals surface area contributed by atoms with Gasteiger partial charge in [-0.25, -0.2) is 0 Å². The summed E-state index contributed by atoms with van der Waals surface area (Å²) in [6, 6.07) is 5.07. The van der Waals surface area contributed by atoms with Crippen LogP contribution in [0.3, 0.4) is 0 Å². The first-order valence-corrected chi connectivity index (χ1v) is 5.07. The highest BCUT2D eigenvalue weighted by molar-refractivity contribution is 6.03. The van der Waals surface area contributed by atoms with Gasteiger partial charge in [0.15, 0.2) is 5.78 Å². The molecule has 0 fully saturated rings. The molecule has 1 N–H and O–H groups in total. The highest BCUT2D eigenvalue weighted by atomic mass is 16.5. The van der Waals surface area contributed by atoms with Gasteiger partial charge in [0.25, 0.3) is 0 Å². The molecule has 0 amide bonds. The van der Waals surface area contributed by atoms with E-state index in [1.165, 1.54) is 0 Å². The number of hydrogen-bond donors (Lipinski definition) is 1. The van der Waals surface area contributed by atoms with Crippen molar-refractivity contribution in [2.75, 3.05) is 20.3 Å². The number of aliphatic hydroxyl groups is 1. The van der Waals surface area contributed by atoms with E-state index < -0.39 is 5.41 Å². The van der Waals surface area contributed by atoms with Gasteiger partial charge in [0.2, 0.25) is 0 Å². The molecule has 1 aliphatic rings. The van der Waals surface area contributed by atoms with E-state index in [0.717, 1.165) is 0 Å². The van der Waals surface area contributed by atoms with Gasteiger partial charge >= 0.3 is 0 Å². The molecule has 1 atom stereocenters. The van der Waals surface area contributed by atoms with E-state index in [9.17, 15) is 9.90 Å². The highest BCUT2D eigenvalue weighted by Gasteiger charge is 2.39. The van der Waals surface area contributed by atoms with E-state index in [1.54, 1.807) is 32.2 Å². The molecule has 0 aliphatic carbocycles. The number of carbonyl (C=O) groups is 1. The van der Waals surface area contributed by atoms with Gasteiger partial charge in [-0.2, -0.15) is 0 Å². The minimum atomic E-state index is -0.832. The molecule has 0 saturated heterocycles. The number of carbonyl (C=O) groups excluding carboxylic acids is 1. The first kappa shape index (κ1) is 11.0. The third-order valence-corrected chi connectivity index (χ3v) is 2.88. The van der Waals surface area contributed by atoms with Crippen molar-refractivity contribution in [1.82, 2.24) is 0 Å². The van der Waals surface area contributed by atoms with Crippen LogP contribution >= 0.6 is 0 Å². The predicted molar refractivity (Wildman–Crippen MR) is 58.0 cm³/mol. The lowest BCUT2D eigenvalue weighted by atomic mass is 9.82. The molecule has 0 unspecified atom stereocenters. The van der Waals surface area contributed by atoms with E-state index >= 15 is 0 Å². The zero-order chi connectivity index (χ0) is 11.8. The van der Waals surface area contributed by atoms with Crippen molar-refractivity contribution in [2.24, 2.45) is 5.41 Å². The van der Waals surface area contributed by atoms with Gasteiger partial charge < -0.3 is 14.6 Å². The molecule has 2 rings (SSSR count). The Morgan fingerprint density at radius 1 is 1.56 bits per heavy atom. The number of Topliss-reactive ketones (excluding diaryl/α,β-unsaturated/α-hetero) is 1. The summed E-state index contributed by atoms with van der Waals surface area (Å²) in [7, 11) is 1.56. The normalized spacial score (nSPS) is 23.6. The van der Waals surface area contributed by atoms with E-state index in [2.05, 4.69) is 0 Å². The molecule has 16 heavy (non-hydrogen) atoms. The number of aliphatic hydroxyl groups excluding tert-OH is 1. The molecule has 0 aromatic heterocycles. The van der Waals surface area contributed by atoms with Gasteiger partial charge in [0.1, 0.15) is 18.1 Å². The molecule has 0 spiro atoms. The SMILES string of the molecule is COc1ccc2c(c1)OC[C@](C)(CO)C2=O. The fraction of sp³-hybridized carbons (Fsp3) is 0.417. The van der Waals surface area contributed by atoms with Crippen LogP contribution in [0.25, 0.3) is 0 Å². The minimum Gasteiger partial charge on any atom is -0.497 e. The van der Waals surface area contributed by atoms with Crippen LogP contribution in [-0.2, 0) is 0 Å². The monoisotopic (exact) mass is 222 g/mol. The summed E-state index contributed by atoms with van der Waals surface area (Å²) in [5.74, 6) is 1.09. The number of hydrogen-bond acceptors (Lipinski definition) is 4. The third-order valence-electron chi connectivity index (χ3n) is 2.88. The summed E-state index contributed by atoms with van der Waals surface area (Å²) in [6.07, 6.45) is 0. The highest BCUT2D eigenvalue weighted by Crippen LogP contribution is 2.36. The maximum Gasteiger partial charge on any atom is 0.178 e. The zero-order valence-corrected chi connectivity index (χ0v) is 9.32. The Morgan fingerprint density at radius 3 is 2.94 bits per heavy atom. The summed E-state index contributed by atoms with van der Waals surface area (Å²) in [5, 5.41) is 9.22. The second-order valence-corrected chi connectivity index (χ2v) is 4.20. The quantitative estimate of drug-likeness (QED) is 0.818. The third kappa shape index (κ3) is 1.55. The topological polar surface area (TPSA) is 55.8 Å². The van der Waals surface area contributed by atoms with E-state index in [-0.39, 0.29) is 19.0 Å². The van der Waals surface area contributed by atoms with Crippen LogP contribution in [0.4, 0.5) is 0 Å². The van der Waals surface area contributed by atoms with Crippen LogP contribution in [0.2, 0.25) is 0 Å². The summed E-state index contributed by atoms with van der Waals surface area (Å²) in [5.41, 5.74) is -0.328. The first-order chi connectivity index (χ1) is 7.60. The molecule has 0 saturated carbocycles. The zero-order valence-electron chi connectivity index (χ0n) is 9.32. The standard InChI is InChI=1S/C12H14O4/c1-12(6-13)7-16-10-5-8(15-2)3-4-9(10)11(12)14/h3-5,13H,6-7H2,1-2H3/t12-/m0/s1. The molecular weight excluding hydrogens is 208 g/mol. The number of ether oxygens (including phenoxy) is 2. The Bertz CT molecular complexity index is 427. The molecule has 86 valence electrons. The lowest BCUT2D eigenvalue weighted by Crippen LogP contribution is -2.41. The van der Waals surface area contributed by atoms with Crippen molar-refractivity contribution in [3.63, 3.8) is 0 Å². The Hall–Kier alpha value is -1.55. The van der Waals surface area contributed by atoms with Crippen molar-refractivity contribution in [2.45, 2.75) is 6.92 Å². The average molecular weight is 222 g/mol. The maximum atomic E-state index is 12.1. The summed E-state index contributed by atoms with van der Waals surface area (Å²) >= 11 is 0. The predicted octanol–water partition coefficient (Wildman–Crippen LogP) is 1.27. The molecule has 0 radical (unpaired) electrons. The first-order valence-electron chi connectivity index (χ1n) is 5.07. The average Bonchev–Trinajstić information content (AvgIpc) is 2.33. The maximum absolute atomic E-state index is 12.1. The van der Waals surface area contributed by atoms with Crippen LogP contribution in [0.15, 0.2) is 18.2 Å². The fourth-order valence-electron chi connectivity index (χ4n) is 1.68. The minimum absolute atomic E-state index is 0.0843. The molecule has 4 heteroatoms. The van der Waals surface area contributed by atoms with Gasteiger partial charge in [-0.3, -0.25) is 4.79 Å². The molecule has 1 aromatic rings. The van der Waals surface area contributed by atoms with Crippen LogP contribution in [0, 0.1) is 5.41 Å². The van der Waals surface area contributed by atoms with Crippen LogP contribution in [-0.4, -0.2) is 31.2 Å². The summed E-state index contributed by atoms with van der Waals surface area (Å²) in [6.45, 7) is 1.68. The van der Waals surface area contributed by atoms with Crippen molar-refractivity contribution in [1.29, 1.82) is 0 Å². The second kappa shape index (κ2) is 3.79. The molecule has 0 bridgehead atoms. The van der Waals surface area contributed by atoms with Gasteiger partial charge in [-0.1, -0.05) is 0 Å². The molecule has 4 nitrogen and oxygen atoms in total. The Morgan fingerprint density at radius 2 is 2.31 bits per heavy atom. The summed E-state index contributed by atoms with van der Waals surface area (Å²) in [4.78, 5) is 12.1. The van der Waals surface area contributed by atoms with Crippen molar-refractivity contribution < 1.29 is 19.4 Å².